The van der Waals surface area contributed by atoms with Crippen LogP contribution in [0.15, 0.2) is 18.2 Å². The number of aryl methyl sites for hydroxylation is 1. The lowest BCUT2D eigenvalue weighted by Gasteiger charge is -2.12. The standard InChI is InChI=1S/C10H10ClF3O/c11-8-3-4-9(10(12,13)14)7(6-8)2-1-5-15/h3-4,6,15H,1-2,5H2. The van der Waals surface area contributed by atoms with E-state index in [0.29, 0.717) is 6.42 Å². The number of aliphatic hydroxyl groups excluding tert-OH is 1. The molecule has 0 spiro atoms. The van der Waals surface area contributed by atoms with Gasteiger partial charge in [0.25, 0.3) is 0 Å². The predicted octanol–water partition coefficient (Wildman–Crippen LogP) is 3.28. The van der Waals surface area contributed by atoms with Crippen LogP contribution in [0.4, 0.5) is 13.2 Å². The highest BCUT2D eigenvalue weighted by molar-refractivity contribution is 6.30. The van der Waals surface area contributed by atoms with Gasteiger partial charge in [0.2, 0.25) is 0 Å². The molecule has 1 aromatic carbocycles. The Labute approximate surface area is 90.5 Å². The van der Waals surface area contributed by atoms with Crippen molar-refractivity contribution in [2.75, 3.05) is 6.61 Å². The van der Waals surface area contributed by atoms with Crippen LogP contribution in [-0.2, 0) is 12.6 Å². The fourth-order valence-electron chi connectivity index (χ4n) is 1.32. The van der Waals surface area contributed by atoms with Crippen molar-refractivity contribution in [3.05, 3.63) is 34.3 Å². The largest absolute Gasteiger partial charge is 0.416 e. The van der Waals surface area contributed by atoms with Crippen LogP contribution in [0.2, 0.25) is 5.02 Å². The van der Waals surface area contributed by atoms with Crippen molar-refractivity contribution < 1.29 is 18.3 Å². The molecule has 0 aliphatic heterocycles. The summed E-state index contributed by atoms with van der Waals surface area (Å²) in [5, 5.41) is 8.85. The first-order valence-electron chi connectivity index (χ1n) is 4.41. The summed E-state index contributed by atoms with van der Waals surface area (Å²) in [5.41, 5.74) is -0.551. The Morgan fingerprint density at radius 1 is 1.27 bits per heavy atom. The Morgan fingerprint density at radius 3 is 2.47 bits per heavy atom. The molecule has 84 valence electrons. The Kier molecular flexibility index (Phi) is 3.99. The van der Waals surface area contributed by atoms with Crippen molar-refractivity contribution >= 4 is 11.6 Å². The van der Waals surface area contributed by atoms with E-state index < -0.39 is 11.7 Å². The monoisotopic (exact) mass is 238 g/mol. The second kappa shape index (κ2) is 4.86. The summed E-state index contributed by atoms with van der Waals surface area (Å²) in [4.78, 5) is 0. The summed E-state index contributed by atoms with van der Waals surface area (Å²) in [6, 6.07) is 3.47. The smallest absolute Gasteiger partial charge is 0.396 e. The number of alkyl halides is 3. The summed E-state index contributed by atoms with van der Waals surface area (Å²) < 4.78 is 37.5. The zero-order chi connectivity index (χ0) is 11.5. The summed E-state index contributed by atoms with van der Waals surface area (Å²) in [5.74, 6) is 0. The van der Waals surface area contributed by atoms with Crippen molar-refractivity contribution in [2.24, 2.45) is 0 Å². The van der Waals surface area contributed by atoms with Crippen LogP contribution in [0.3, 0.4) is 0 Å². The maximum absolute atomic E-state index is 12.5. The van der Waals surface area contributed by atoms with Crippen molar-refractivity contribution in [3.8, 4) is 0 Å². The number of benzene rings is 1. The molecule has 1 N–H and O–H groups in total. The molecule has 0 aromatic heterocycles. The molecule has 0 saturated heterocycles. The fraction of sp³-hybridized carbons (Fsp3) is 0.400. The molecule has 0 aliphatic carbocycles. The van der Waals surface area contributed by atoms with Gasteiger partial charge in [0.1, 0.15) is 0 Å². The van der Waals surface area contributed by atoms with Gasteiger partial charge in [-0.2, -0.15) is 13.2 Å². The molecule has 0 fully saturated rings. The molecule has 1 nitrogen and oxygen atoms in total. The summed E-state index contributed by atoms with van der Waals surface area (Å²) >= 11 is 5.62. The lowest BCUT2D eigenvalue weighted by Crippen LogP contribution is -2.09. The van der Waals surface area contributed by atoms with Crippen LogP contribution in [0, 0.1) is 0 Å². The molecule has 15 heavy (non-hydrogen) atoms. The Balaban J connectivity index is 3.03. The van der Waals surface area contributed by atoms with E-state index in [9.17, 15) is 13.2 Å². The Bertz CT molecular complexity index is 336. The number of hydrogen-bond donors (Lipinski definition) is 1. The highest BCUT2D eigenvalue weighted by atomic mass is 35.5. The molecular weight excluding hydrogens is 229 g/mol. The van der Waals surface area contributed by atoms with Crippen LogP contribution in [0.1, 0.15) is 17.5 Å². The van der Waals surface area contributed by atoms with Gasteiger partial charge in [0, 0.05) is 11.6 Å². The molecule has 5 heteroatoms. The van der Waals surface area contributed by atoms with Crippen LogP contribution in [0.25, 0.3) is 0 Å². The first-order valence-corrected chi connectivity index (χ1v) is 4.79. The van der Waals surface area contributed by atoms with E-state index >= 15 is 0 Å². The van der Waals surface area contributed by atoms with Gasteiger partial charge in [-0.25, -0.2) is 0 Å². The van der Waals surface area contributed by atoms with Gasteiger partial charge in [0.05, 0.1) is 5.56 Å². The average Bonchev–Trinajstić information content (AvgIpc) is 2.12. The molecule has 0 unspecified atom stereocenters. The second-order valence-electron chi connectivity index (χ2n) is 3.13. The molecule has 1 aromatic rings. The minimum atomic E-state index is -4.37. The molecular formula is C10H10ClF3O. The first-order chi connectivity index (χ1) is 6.95. The molecule has 0 bridgehead atoms. The SMILES string of the molecule is OCCCc1cc(Cl)ccc1C(F)(F)F. The van der Waals surface area contributed by atoms with Gasteiger partial charge >= 0.3 is 6.18 Å². The molecule has 0 aliphatic rings. The van der Waals surface area contributed by atoms with Crippen LogP contribution >= 0.6 is 11.6 Å². The first kappa shape index (κ1) is 12.3. The van der Waals surface area contributed by atoms with Crippen molar-refractivity contribution in [3.63, 3.8) is 0 Å². The molecule has 0 saturated carbocycles. The summed E-state index contributed by atoms with van der Waals surface area (Å²) in [6.07, 6.45) is -3.90. The van der Waals surface area contributed by atoms with Crippen LogP contribution in [-0.4, -0.2) is 11.7 Å². The third kappa shape index (κ3) is 3.39. The highest BCUT2D eigenvalue weighted by Crippen LogP contribution is 2.33. The van der Waals surface area contributed by atoms with Crippen molar-refractivity contribution in [1.29, 1.82) is 0 Å². The lowest BCUT2D eigenvalue weighted by atomic mass is 10.0. The normalized spacial score (nSPS) is 11.8. The second-order valence-corrected chi connectivity index (χ2v) is 3.56. The van der Waals surface area contributed by atoms with Gasteiger partial charge in [-0.15, -0.1) is 0 Å². The van der Waals surface area contributed by atoms with Gasteiger partial charge in [-0.3, -0.25) is 0 Å². The topological polar surface area (TPSA) is 20.2 Å². The van der Waals surface area contributed by atoms with E-state index in [2.05, 4.69) is 0 Å². The molecule has 0 heterocycles. The minimum Gasteiger partial charge on any atom is -0.396 e. The van der Waals surface area contributed by atoms with Crippen LogP contribution in [0.5, 0.6) is 0 Å². The number of hydrogen-bond acceptors (Lipinski definition) is 1. The summed E-state index contributed by atoms with van der Waals surface area (Å²) in [7, 11) is 0. The number of halogens is 4. The van der Waals surface area contributed by atoms with E-state index in [0.717, 1.165) is 6.07 Å². The fourth-order valence-corrected chi connectivity index (χ4v) is 1.51. The predicted molar refractivity (Wildman–Crippen MR) is 51.9 cm³/mol. The van der Waals surface area contributed by atoms with E-state index in [-0.39, 0.29) is 23.6 Å². The van der Waals surface area contributed by atoms with Gasteiger partial charge in [-0.1, -0.05) is 11.6 Å². The maximum atomic E-state index is 12.5. The van der Waals surface area contributed by atoms with E-state index in [1.54, 1.807) is 0 Å². The molecule has 1 rings (SSSR count). The zero-order valence-corrected chi connectivity index (χ0v) is 8.57. The minimum absolute atomic E-state index is 0.129. The molecule has 0 radical (unpaired) electrons. The zero-order valence-electron chi connectivity index (χ0n) is 7.81. The van der Waals surface area contributed by atoms with Crippen LogP contribution < -0.4 is 0 Å². The van der Waals surface area contributed by atoms with E-state index in [1.165, 1.54) is 12.1 Å². The lowest BCUT2D eigenvalue weighted by molar-refractivity contribution is -0.138. The molecule has 0 amide bonds. The number of aliphatic hydroxyl groups is 1. The van der Waals surface area contributed by atoms with Gasteiger partial charge < -0.3 is 5.11 Å². The third-order valence-electron chi connectivity index (χ3n) is 1.98. The number of rotatable bonds is 3. The Morgan fingerprint density at radius 2 is 1.93 bits per heavy atom. The maximum Gasteiger partial charge on any atom is 0.416 e. The molecule has 0 atom stereocenters. The van der Waals surface area contributed by atoms with Gasteiger partial charge in [0.15, 0.2) is 0 Å². The van der Waals surface area contributed by atoms with Gasteiger partial charge in [-0.05, 0) is 36.6 Å². The highest BCUT2D eigenvalue weighted by Gasteiger charge is 2.32. The third-order valence-corrected chi connectivity index (χ3v) is 2.21. The summed E-state index contributed by atoms with van der Waals surface area (Å²) in [6.45, 7) is -0.135. The quantitative estimate of drug-likeness (QED) is 0.857. The van der Waals surface area contributed by atoms with Crippen molar-refractivity contribution in [1.82, 2.24) is 0 Å². The van der Waals surface area contributed by atoms with E-state index in [1.807, 2.05) is 0 Å². The Hall–Kier alpha value is -0.740. The average molecular weight is 239 g/mol. The van der Waals surface area contributed by atoms with Crippen molar-refractivity contribution in [2.45, 2.75) is 19.0 Å². The van der Waals surface area contributed by atoms with E-state index in [4.69, 9.17) is 16.7 Å².